The van der Waals surface area contributed by atoms with E-state index in [0.29, 0.717) is 12.5 Å². The first kappa shape index (κ1) is 14.1. The lowest BCUT2D eigenvalue weighted by Gasteiger charge is -2.24. The van der Waals surface area contributed by atoms with Gasteiger partial charge in [-0.3, -0.25) is 0 Å². The first-order valence-electron chi connectivity index (χ1n) is 6.17. The van der Waals surface area contributed by atoms with Gasteiger partial charge in [0.25, 0.3) is 0 Å². The van der Waals surface area contributed by atoms with Crippen molar-refractivity contribution in [3.05, 3.63) is 35.6 Å². The minimum absolute atomic E-state index is 0.101. The lowest BCUT2D eigenvalue weighted by atomic mass is 10.0. The second kappa shape index (κ2) is 6.72. The van der Waals surface area contributed by atoms with Gasteiger partial charge in [-0.15, -0.1) is 0 Å². The largest absolute Gasteiger partial charge is 0.372 e. The van der Waals surface area contributed by atoms with Crippen molar-refractivity contribution >= 4 is 0 Å². The van der Waals surface area contributed by atoms with Crippen LogP contribution in [-0.4, -0.2) is 12.6 Å². The van der Waals surface area contributed by atoms with Crippen molar-refractivity contribution in [2.75, 3.05) is 6.61 Å². The molecule has 0 aliphatic carbocycles. The van der Waals surface area contributed by atoms with Gasteiger partial charge in [0, 0.05) is 12.6 Å². The molecular weight excluding hydrogens is 217 g/mol. The Hall–Kier alpha value is -0.930. The Kier molecular flexibility index (Phi) is 5.59. The molecule has 0 saturated carbocycles. The predicted molar refractivity (Wildman–Crippen MR) is 68.2 cm³/mol. The Morgan fingerprint density at radius 1 is 1.35 bits per heavy atom. The first-order valence-corrected chi connectivity index (χ1v) is 6.17. The van der Waals surface area contributed by atoms with E-state index < -0.39 is 0 Å². The number of rotatable bonds is 6. The first-order chi connectivity index (χ1) is 8.04. The van der Waals surface area contributed by atoms with Gasteiger partial charge in [-0.05, 0) is 30.0 Å². The number of ether oxygens (including phenoxy) is 1. The average Bonchev–Trinajstić information content (AvgIpc) is 2.28. The molecular formula is C14H22FNO. The molecule has 0 heterocycles. The Labute approximate surface area is 103 Å². The zero-order valence-corrected chi connectivity index (χ0v) is 10.8. The van der Waals surface area contributed by atoms with Crippen LogP contribution in [0, 0.1) is 11.7 Å². The standard InChI is InChI=1S/C14H22FNO/c1-4-13(16)14(17-9-10(2)3)11-6-5-7-12(15)8-11/h5-8,10,13-14H,4,9,16H2,1-3H3. The van der Waals surface area contributed by atoms with Crippen molar-refractivity contribution in [3.63, 3.8) is 0 Å². The third-order valence-corrected chi connectivity index (χ3v) is 2.65. The summed E-state index contributed by atoms with van der Waals surface area (Å²) in [6, 6.07) is 6.39. The molecule has 1 rings (SSSR count). The molecule has 2 atom stereocenters. The maximum atomic E-state index is 13.2. The summed E-state index contributed by atoms with van der Waals surface area (Å²) in [6.45, 7) is 6.81. The fourth-order valence-corrected chi connectivity index (χ4v) is 1.66. The Balaban J connectivity index is 2.82. The molecule has 0 spiro atoms. The smallest absolute Gasteiger partial charge is 0.123 e. The van der Waals surface area contributed by atoms with E-state index in [0.717, 1.165) is 12.0 Å². The lowest BCUT2D eigenvalue weighted by Crippen LogP contribution is -2.30. The van der Waals surface area contributed by atoms with Crippen LogP contribution in [0.5, 0.6) is 0 Å². The van der Waals surface area contributed by atoms with Gasteiger partial charge < -0.3 is 10.5 Å². The molecule has 1 aromatic carbocycles. The van der Waals surface area contributed by atoms with Gasteiger partial charge in [-0.2, -0.15) is 0 Å². The minimum atomic E-state index is -0.246. The minimum Gasteiger partial charge on any atom is -0.372 e. The highest BCUT2D eigenvalue weighted by Crippen LogP contribution is 2.23. The Bertz CT molecular complexity index is 341. The highest BCUT2D eigenvalue weighted by Gasteiger charge is 2.20. The molecule has 0 aromatic heterocycles. The van der Waals surface area contributed by atoms with E-state index in [4.69, 9.17) is 10.5 Å². The van der Waals surface area contributed by atoms with Crippen LogP contribution in [0.25, 0.3) is 0 Å². The highest BCUT2D eigenvalue weighted by molar-refractivity contribution is 5.20. The fourth-order valence-electron chi connectivity index (χ4n) is 1.66. The quantitative estimate of drug-likeness (QED) is 0.826. The van der Waals surface area contributed by atoms with E-state index >= 15 is 0 Å². The summed E-state index contributed by atoms with van der Waals surface area (Å²) in [4.78, 5) is 0. The van der Waals surface area contributed by atoms with Gasteiger partial charge in [0.1, 0.15) is 5.82 Å². The van der Waals surface area contributed by atoms with Crippen LogP contribution in [0.1, 0.15) is 38.9 Å². The van der Waals surface area contributed by atoms with Crippen LogP contribution in [-0.2, 0) is 4.74 Å². The SMILES string of the molecule is CCC(N)C(OCC(C)C)c1cccc(F)c1. The number of hydrogen-bond donors (Lipinski definition) is 1. The number of hydrogen-bond acceptors (Lipinski definition) is 2. The lowest BCUT2D eigenvalue weighted by molar-refractivity contribution is 0.0176. The zero-order valence-electron chi connectivity index (χ0n) is 10.8. The zero-order chi connectivity index (χ0) is 12.8. The molecule has 2 N–H and O–H groups in total. The summed E-state index contributed by atoms with van der Waals surface area (Å²) < 4.78 is 19.0. The molecule has 0 radical (unpaired) electrons. The van der Waals surface area contributed by atoms with Gasteiger partial charge in [0.2, 0.25) is 0 Å². The number of nitrogens with two attached hydrogens (primary N) is 1. The van der Waals surface area contributed by atoms with Gasteiger partial charge in [-0.1, -0.05) is 32.9 Å². The summed E-state index contributed by atoms with van der Waals surface area (Å²) in [7, 11) is 0. The van der Waals surface area contributed by atoms with Crippen LogP contribution >= 0.6 is 0 Å². The summed E-state index contributed by atoms with van der Waals surface area (Å²) in [5, 5.41) is 0. The molecule has 1 aromatic rings. The molecule has 3 heteroatoms. The molecule has 96 valence electrons. The summed E-state index contributed by atoms with van der Waals surface area (Å²) in [6.07, 6.45) is 0.581. The molecule has 0 bridgehead atoms. The van der Waals surface area contributed by atoms with Crippen LogP contribution in [0.2, 0.25) is 0 Å². The molecule has 2 unspecified atom stereocenters. The molecule has 2 nitrogen and oxygen atoms in total. The average molecular weight is 239 g/mol. The van der Waals surface area contributed by atoms with E-state index in [1.807, 2.05) is 13.0 Å². The van der Waals surface area contributed by atoms with Gasteiger partial charge in [0.15, 0.2) is 0 Å². The van der Waals surface area contributed by atoms with E-state index in [9.17, 15) is 4.39 Å². The van der Waals surface area contributed by atoms with Crippen LogP contribution in [0.3, 0.4) is 0 Å². The maximum Gasteiger partial charge on any atom is 0.123 e. The van der Waals surface area contributed by atoms with Crippen LogP contribution in [0.4, 0.5) is 4.39 Å². The predicted octanol–water partition coefficient (Wildman–Crippen LogP) is 3.28. The van der Waals surface area contributed by atoms with Crippen molar-refractivity contribution in [1.29, 1.82) is 0 Å². The third kappa shape index (κ3) is 4.44. The van der Waals surface area contributed by atoms with Crippen molar-refractivity contribution in [2.24, 2.45) is 11.7 Å². The monoisotopic (exact) mass is 239 g/mol. The molecule has 0 saturated heterocycles. The second-order valence-electron chi connectivity index (χ2n) is 4.77. The van der Waals surface area contributed by atoms with Crippen molar-refractivity contribution in [1.82, 2.24) is 0 Å². The molecule has 0 fully saturated rings. The fraction of sp³-hybridized carbons (Fsp3) is 0.571. The van der Waals surface area contributed by atoms with Crippen molar-refractivity contribution in [2.45, 2.75) is 39.3 Å². The summed E-state index contributed by atoms with van der Waals surface area (Å²) in [5.74, 6) is 0.194. The molecule has 0 amide bonds. The maximum absolute atomic E-state index is 13.2. The number of halogens is 1. The van der Waals surface area contributed by atoms with E-state index in [2.05, 4.69) is 13.8 Å². The summed E-state index contributed by atoms with van der Waals surface area (Å²) in [5.41, 5.74) is 6.86. The van der Waals surface area contributed by atoms with Crippen molar-refractivity contribution < 1.29 is 9.13 Å². The van der Waals surface area contributed by atoms with E-state index in [1.165, 1.54) is 12.1 Å². The van der Waals surface area contributed by atoms with Crippen molar-refractivity contribution in [3.8, 4) is 0 Å². The molecule has 0 aliphatic heterocycles. The third-order valence-electron chi connectivity index (χ3n) is 2.65. The van der Waals surface area contributed by atoms with Gasteiger partial charge >= 0.3 is 0 Å². The second-order valence-corrected chi connectivity index (χ2v) is 4.77. The molecule has 0 aliphatic rings. The highest BCUT2D eigenvalue weighted by atomic mass is 19.1. The molecule has 17 heavy (non-hydrogen) atoms. The van der Waals surface area contributed by atoms with E-state index in [-0.39, 0.29) is 18.0 Å². The number of benzene rings is 1. The topological polar surface area (TPSA) is 35.2 Å². The Morgan fingerprint density at radius 3 is 2.59 bits per heavy atom. The van der Waals surface area contributed by atoms with Crippen LogP contribution < -0.4 is 5.73 Å². The normalized spacial score (nSPS) is 14.9. The van der Waals surface area contributed by atoms with Crippen LogP contribution in [0.15, 0.2) is 24.3 Å². The van der Waals surface area contributed by atoms with Gasteiger partial charge in [-0.25, -0.2) is 4.39 Å². The van der Waals surface area contributed by atoms with Gasteiger partial charge in [0.05, 0.1) is 6.10 Å². The Morgan fingerprint density at radius 2 is 2.06 bits per heavy atom. The van der Waals surface area contributed by atoms with E-state index in [1.54, 1.807) is 6.07 Å². The summed E-state index contributed by atoms with van der Waals surface area (Å²) >= 11 is 0.